The number of para-hydroxylation sites is 1. The summed E-state index contributed by atoms with van der Waals surface area (Å²) < 4.78 is 6.75. The Balaban J connectivity index is 0.997. The van der Waals surface area contributed by atoms with E-state index in [1.807, 2.05) is 0 Å². The molecule has 2 aliphatic carbocycles. The maximum atomic E-state index is 6.75. The second-order valence-corrected chi connectivity index (χ2v) is 16.7. The Bertz CT molecular complexity index is 3360. The molecule has 284 valence electrons. The van der Waals surface area contributed by atoms with Crippen LogP contribution in [-0.4, -0.2) is 0 Å². The van der Waals surface area contributed by atoms with Crippen molar-refractivity contribution in [2.75, 3.05) is 0 Å². The molecule has 0 bridgehead atoms. The lowest BCUT2D eigenvalue weighted by atomic mass is 9.63. The van der Waals surface area contributed by atoms with E-state index in [1.54, 1.807) is 0 Å². The fraction of sp³-hybridized carbons (Fsp3) is 0.0333. The molecular formula is C60H38O. The van der Waals surface area contributed by atoms with Crippen LogP contribution in [0.2, 0.25) is 0 Å². The van der Waals surface area contributed by atoms with E-state index in [0.29, 0.717) is 0 Å². The van der Waals surface area contributed by atoms with Crippen molar-refractivity contribution in [3.8, 4) is 56.0 Å². The van der Waals surface area contributed by atoms with Gasteiger partial charge in [-0.2, -0.15) is 0 Å². The topological polar surface area (TPSA) is 9.23 Å². The van der Waals surface area contributed by atoms with E-state index >= 15 is 0 Å². The van der Waals surface area contributed by atoms with Crippen LogP contribution in [0.4, 0.5) is 0 Å². The third-order valence-electron chi connectivity index (χ3n) is 13.8. The van der Waals surface area contributed by atoms with Crippen molar-refractivity contribution in [2.45, 2.75) is 10.8 Å². The van der Waals surface area contributed by atoms with Gasteiger partial charge in [-0.05, 0) is 119 Å². The monoisotopic (exact) mass is 774 g/mol. The van der Waals surface area contributed by atoms with Crippen LogP contribution in [0.5, 0.6) is 11.5 Å². The molecule has 10 aromatic carbocycles. The number of hydrogen-bond acceptors (Lipinski definition) is 1. The van der Waals surface area contributed by atoms with E-state index in [0.717, 1.165) is 33.8 Å². The fourth-order valence-corrected chi connectivity index (χ4v) is 11.4. The maximum absolute atomic E-state index is 6.75. The maximum Gasteiger partial charge on any atom is 0.132 e. The first-order valence-corrected chi connectivity index (χ1v) is 21.2. The minimum atomic E-state index is -0.581. The summed E-state index contributed by atoms with van der Waals surface area (Å²) in [6.07, 6.45) is 0. The zero-order valence-electron chi connectivity index (χ0n) is 33.3. The predicted molar refractivity (Wildman–Crippen MR) is 250 cm³/mol. The van der Waals surface area contributed by atoms with Gasteiger partial charge in [0.05, 0.1) is 10.8 Å². The lowest BCUT2D eigenvalue weighted by molar-refractivity contribution is 0.434. The largest absolute Gasteiger partial charge is 0.457 e. The van der Waals surface area contributed by atoms with E-state index in [1.165, 1.54) is 77.5 Å². The minimum absolute atomic E-state index is 0.428. The molecule has 1 atom stereocenters. The van der Waals surface area contributed by atoms with Gasteiger partial charge in [0.2, 0.25) is 0 Å². The highest BCUT2D eigenvalue weighted by Crippen LogP contribution is 2.64. The Morgan fingerprint density at radius 2 is 0.820 bits per heavy atom. The van der Waals surface area contributed by atoms with Crippen molar-refractivity contribution in [3.05, 3.63) is 275 Å². The quantitative estimate of drug-likeness (QED) is 0.173. The molecule has 0 N–H and O–H groups in total. The van der Waals surface area contributed by atoms with Crippen LogP contribution in [-0.2, 0) is 10.8 Å². The first kappa shape index (κ1) is 34.2. The molecule has 0 fully saturated rings. The van der Waals surface area contributed by atoms with Crippen LogP contribution in [0.25, 0.3) is 55.3 Å². The molecule has 13 rings (SSSR count). The van der Waals surface area contributed by atoms with Gasteiger partial charge in [-0.15, -0.1) is 0 Å². The first-order valence-electron chi connectivity index (χ1n) is 21.2. The number of hydrogen-bond donors (Lipinski definition) is 0. The van der Waals surface area contributed by atoms with Gasteiger partial charge in [0.25, 0.3) is 0 Å². The summed E-state index contributed by atoms with van der Waals surface area (Å²) in [5.74, 6) is 1.76. The molecule has 1 heterocycles. The zero-order chi connectivity index (χ0) is 40.1. The van der Waals surface area contributed by atoms with E-state index in [-0.39, 0.29) is 0 Å². The predicted octanol–water partition coefficient (Wildman–Crippen LogP) is 15.0. The Labute approximate surface area is 355 Å². The summed E-state index contributed by atoms with van der Waals surface area (Å²) in [4.78, 5) is 0. The molecule has 0 amide bonds. The smallest absolute Gasteiger partial charge is 0.132 e. The lowest BCUT2D eigenvalue weighted by Gasteiger charge is -2.41. The normalized spacial score (nSPS) is 15.9. The highest BCUT2D eigenvalue weighted by molar-refractivity contribution is 6.06. The van der Waals surface area contributed by atoms with E-state index in [4.69, 9.17) is 4.74 Å². The van der Waals surface area contributed by atoms with Crippen LogP contribution in [0.3, 0.4) is 0 Å². The fourth-order valence-electron chi connectivity index (χ4n) is 11.4. The zero-order valence-corrected chi connectivity index (χ0v) is 33.3. The molecule has 61 heavy (non-hydrogen) atoms. The average Bonchev–Trinajstić information content (AvgIpc) is 3.81. The number of rotatable bonds is 4. The molecule has 10 aromatic rings. The molecule has 0 aromatic heterocycles. The van der Waals surface area contributed by atoms with Gasteiger partial charge < -0.3 is 4.74 Å². The van der Waals surface area contributed by atoms with Crippen molar-refractivity contribution >= 4 is 10.8 Å². The molecule has 1 aliphatic heterocycles. The molecular weight excluding hydrogens is 737 g/mol. The molecule has 3 aliphatic rings. The SMILES string of the molecule is c1ccc(C2(c3ccccc3)c3ccccc3Oc3ccc(-c4cccc(-c5ccc6c(c5)C5(c7ccccc7-6)c6ccccc6-c6c5ccc5ccccc65)c4)cc32)cc1. The van der Waals surface area contributed by atoms with Crippen LogP contribution < -0.4 is 4.74 Å². The lowest BCUT2D eigenvalue weighted by Crippen LogP contribution is -2.34. The van der Waals surface area contributed by atoms with Gasteiger partial charge in [-0.1, -0.05) is 200 Å². The molecule has 0 saturated heterocycles. The van der Waals surface area contributed by atoms with Crippen LogP contribution in [0.1, 0.15) is 44.5 Å². The third kappa shape index (κ3) is 4.61. The van der Waals surface area contributed by atoms with Gasteiger partial charge in [0.1, 0.15) is 11.5 Å². The standard InChI is InChI=1S/C60H38O/c1-3-19-44(20-4-1)59(45-21-5-2-6-22-45)52-28-13-14-29-56(52)61-57-35-32-43(38-55(57)59)41-18-15-17-40(36-41)42-30-33-48-47-24-9-11-26-50(47)60(54(48)37-42)51-27-12-10-25-49(51)58-46-23-8-7-16-39(46)31-34-53(58)60/h1-38H. The molecule has 1 heteroatoms. The summed E-state index contributed by atoms with van der Waals surface area (Å²) in [6, 6.07) is 85.1. The molecule has 0 radical (unpaired) electrons. The third-order valence-corrected chi connectivity index (χ3v) is 13.8. The van der Waals surface area contributed by atoms with Crippen molar-refractivity contribution in [1.29, 1.82) is 0 Å². The van der Waals surface area contributed by atoms with E-state index in [2.05, 4.69) is 231 Å². The Morgan fingerprint density at radius 3 is 1.57 bits per heavy atom. The molecule has 1 nitrogen and oxygen atoms in total. The highest BCUT2D eigenvalue weighted by atomic mass is 16.5. The minimum Gasteiger partial charge on any atom is -0.457 e. The Hall–Kier alpha value is -7.74. The summed E-state index contributed by atoms with van der Waals surface area (Å²) in [6.45, 7) is 0. The van der Waals surface area contributed by atoms with Gasteiger partial charge in [-0.25, -0.2) is 0 Å². The number of benzene rings is 10. The van der Waals surface area contributed by atoms with Crippen molar-refractivity contribution in [2.24, 2.45) is 0 Å². The molecule has 1 spiro atoms. The Morgan fingerprint density at radius 1 is 0.279 bits per heavy atom. The van der Waals surface area contributed by atoms with Gasteiger partial charge in [-0.3, -0.25) is 0 Å². The second kappa shape index (κ2) is 12.9. The summed E-state index contributed by atoms with van der Waals surface area (Å²) in [5, 5.41) is 2.58. The molecule has 1 unspecified atom stereocenters. The van der Waals surface area contributed by atoms with E-state index < -0.39 is 10.8 Å². The van der Waals surface area contributed by atoms with Crippen molar-refractivity contribution in [3.63, 3.8) is 0 Å². The van der Waals surface area contributed by atoms with Crippen molar-refractivity contribution in [1.82, 2.24) is 0 Å². The summed E-state index contributed by atoms with van der Waals surface area (Å²) in [7, 11) is 0. The van der Waals surface area contributed by atoms with Crippen LogP contribution >= 0.6 is 0 Å². The average molecular weight is 775 g/mol. The summed E-state index contributed by atoms with van der Waals surface area (Å²) in [5.41, 5.74) is 19.1. The number of fused-ring (bicyclic) bond motifs is 14. The second-order valence-electron chi connectivity index (χ2n) is 16.7. The highest BCUT2D eigenvalue weighted by Gasteiger charge is 2.52. The van der Waals surface area contributed by atoms with Crippen LogP contribution in [0.15, 0.2) is 231 Å². The number of ether oxygens (including phenoxy) is 1. The summed E-state index contributed by atoms with van der Waals surface area (Å²) >= 11 is 0. The molecule has 0 saturated carbocycles. The van der Waals surface area contributed by atoms with E-state index in [9.17, 15) is 0 Å². The van der Waals surface area contributed by atoms with Gasteiger partial charge >= 0.3 is 0 Å². The van der Waals surface area contributed by atoms with Crippen molar-refractivity contribution < 1.29 is 4.74 Å². The first-order chi connectivity index (χ1) is 30.2. The Kier molecular flexibility index (Phi) is 7.21. The van der Waals surface area contributed by atoms with Gasteiger partial charge in [0, 0.05) is 11.1 Å². The van der Waals surface area contributed by atoms with Crippen LogP contribution in [0, 0.1) is 0 Å². The van der Waals surface area contributed by atoms with Gasteiger partial charge in [0.15, 0.2) is 0 Å².